The molecule has 24 heavy (non-hydrogen) atoms. The van der Waals surface area contributed by atoms with E-state index >= 15 is 0 Å². The highest BCUT2D eigenvalue weighted by atomic mass is 32.1. The fourth-order valence-corrected chi connectivity index (χ4v) is 4.31. The highest BCUT2D eigenvalue weighted by Crippen LogP contribution is 2.34. The van der Waals surface area contributed by atoms with E-state index in [1.807, 2.05) is 18.2 Å². The Morgan fingerprint density at radius 2 is 2.12 bits per heavy atom. The van der Waals surface area contributed by atoms with Gasteiger partial charge in [-0.2, -0.15) is 0 Å². The number of hydrogen-bond donors (Lipinski definition) is 2. The molecule has 1 aromatic carbocycles. The van der Waals surface area contributed by atoms with Crippen LogP contribution >= 0.6 is 11.3 Å². The third kappa shape index (κ3) is 3.86. The number of thiazole rings is 1. The lowest BCUT2D eigenvalue weighted by Gasteiger charge is -2.45. The van der Waals surface area contributed by atoms with Crippen LogP contribution in [0.15, 0.2) is 35.7 Å². The highest BCUT2D eigenvalue weighted by molar-refractivity contribution is 7.09. The lowest BCUT2D eigenvalue weighted by Crippen LogP contribution is -2.54. The molecule has 0 aliphatic carbocycles. The first-order valence-electron chi connectivity index (χ1n) is 8.63. The molecule has 0 saturated carbocycles. The van der Waals surface area contributed by atoms with Gasteiger partial charge < -0.3 is 10.2 Å². The largest absolute Gasteiger partial charge is 0.396 e. The lowest BCUT2D eigenvalue weighted by atomic mass is 9.73. The number of aliphatic hydroxyl groups excluding tert-OH is 2. The zero-order chi connectivity index (χ0) is 17.0. The summed E-state index contributed by atoms with van der Waals surface area (Å²) in [6, 6.07) is 10.1. The highest BCUT2D eigenvalue weighted by Gasteiger charge is 2.42. The normalized spacial score (nSPS) is 25.0. The van der Waals surface area contributed by atoms with Crippen molar-refractivity contribution >= 4 is 11.3 Å². The monoisotopic (exact) mass is 346 g/mol. The van der Waals surface area contributed by atoms with Gasteiger partial charge in [-0.3, -0.25) is 4.90 Å². The van der Waals surface area contributed by atoms with Crippen LogP contribution < -0.4 is 0 Å². The average molecular weight is 346 g/mol. The average Bonchev–Trinajstić information content (AvgIpc) is 3.06. The van der Waals surface area contributed by atoms with Crippen molar-refractivity contribution in [1.29, 1.82) is 0 Å². The Morgan fingerprint density at radius 3 is 2.79 bits per heavy atom. The van der Waals surface area contributed by atoms with Gasteiger partial charge in [0.2, 0.25) is 0 Å². The molecule has 1 aliphatic rings. The van der Waals surface area contributed by atoms with Crippen molar-refractivity contribution in [3.63, 3.8) is 0 Å². The van der Waals surface area contributed by atoms with Gasteiger partial charge in [-0.05, 0) is 24.8 Å². The molecule has 1 saturated heterocycles. The van der Waals surface area contributed by atoms with Crippen molar-refractivity contribution in [3.05, 3.63) is 52.0 Å². The smallest absolute Gasteiger partial charge is 0.0926 e. The van der Waals surface area contributed by atoms with Gasteiger partial charge in [0, 0.05) is 30.4 Å². The summed E-state index contributed by atoms with van der Waals surface area (Å²) in [5, 5.41) is 24.0. The van der Waals surface area contributed by atoms with Crippen LogP contribution in [0.4, 0.5) is 0 Å². The second-order valence-corrected chi connectivity index (χ2v) is 7.73. The minimum Gasteiger partial charge on any atom is -0.396 e. The molecule has 2 N–H and O–H groups in total. The maximum absolute atomic E-state index is 10.6. The molecule has 1 aromatic heterocycles. The molecule has 2 aromatic rings. The number of rotatable bonds is 6. The van der Waals surface area contributed by atoms with E-state index in [0.717, 1.165) is 30.8 Å². The number of aromatic nitrogens is 1. The van der Waals surface area contributed by atoms with E-state index in [4.69, 9.17) is 0 Å². The fourth-order valence-electron chi connectivity index (χ4n) is 3.58. The van der Waals surface area contributed by atoms with Crippen molar-refractivity contribution in [1.82, 2.24) is 9.88 Å². The van der Waals surface area contributed by atoms with Crippen molar-refractivity contribution in [3.8, 4) is 0 Å². The van der Waals surface area contributed by atoms with Gasteiger partial charge in [0.05, 0.1) is 23.4 Å². The van der Waals surface area contributed by atoms with Crippen molar-refractivity contribution < 1.29 is 10.2 Å². The Labute approximate surface area is 147 Å². The number of aliphatic hydroxyl groups is 2. The summed E-state index contributed by atoms with van der Waals surface area (Å²) in [6.45, 7) is 4.45. The number of likely N-dealkylation sites (tertiary alicyclic amines) is 1. The number of hydrogen-bond acceptors (Lipinski definition) is 5. The van der Waals surface area contributed by atoms with Gasteiger partial charge in [-0.15, -0.1) is 11.3 Å². The van der Waals surface area contributed by atoms with Gasteiger partial charge in [-0.25, -0.2) is 4.98 Å². The molecule has 130 valence electrons. The van der Waals surface area contributed by atoms with Crippen molar-refractivity contribution in [2.24, 2.45) is 5.41 Å². The van der Waals surface area contributed by atoms with Crippen LogP contribution in [-0.4, -0.2) is 45.9 Å². The van der Waals surface area contributed by atoms with E-state index in [-0.39, 0.29) is 6.61 Å². The summed E-state index contributed by atoms with van der Waals surface area (Å²) in [5.41, 5.74) is 1.76. The third-order valence-electron chi connectivity index (χ3n) is 4.97. The maximum Gasteiger partial charge on any atom is 0.0926 e. The number of benzene rings is 1. The third-order valence-corrected chi connectivity index (χ3v) is 6.01. The Morgan fingerprint density at radius 1 is 1.33 bits per heavy atom. The van der Waals surface area contributed by atoms with Crippen LogP contribution in [0.1, 0.15) is 29.6 Å². The number of piperidine rings is 1. The molecule has 1 aliphatic heterocycles. The zero-order valence-corrected chi connectivity index (χ0v) is 15.0. The van der Waals surface area contributed by atoms with Gasteiger partial charge in [0.25, 0.3) is 0 Å². The maximum atomic E-state index is 10.6. The summed E-state index contributed by atoms with van der Waals surface area (Å²) in [5.74, 6) is 0. The van der Waals surface area contributed by atoms with Crippen LogP contribution in [-0.2, 0) is 19.4 Å². The molecule has 0 bridgehead atoms. The predicted octanol–water partition coefficient (Wildman–Crippen LogP) is 2.49. The molecule has 4 nitrogen and oxygen atoms in total. The van der Waals surface area contributed by atoms with Crippen LogP contribution in [0.5, 0.6) is 0 Å². The summed E-state index contributed by atoms with van der Waals surface area (Å²) in [4.78, 5) is 6.97. The van der Waals surface area contributed by atoms with E-state index in [9.17, 15) is 10.2 Å². The first-order chi connectivity index (χ1) is 11.6. The Balaban J connectivity index is 1.73. The summed E-state index contributed by atoms with van der Waals surface area (Å²) < 4.78 is 0. The molecule has 1 fully saturated rings. The van der Waals surface area contributed by atoms with Gasteiger partial charge >= 0.3 is 0 Å². The first kappa shape index (κ1) is 17.5. The Bertz CT molecular complexity index is 646. The van der Waals surface area contributed by atoms with Crippen LogP contribution in [0.25, 0.3) is 0 Å². The molecule has 0 amide bonds. The van der Waals surface area contributed by atoms with Gasteiger partial charge in [-0.1, -0.05) is 37.3 Å². The van der Waals surface area contributed by atoms with Crippen molar-refractivity contribution in [2.45, 2.75) is 38.8 Å². The molecular weight excluding hydrogens is 320 g/mol. The van der Waals surface area contributed by atoms with E-state index in [0.29, 0.717) is 19.4 Å². The minimum atomic E-state index is -0.497. The molecule has 2 heterocycles. The predicted molar refractivity (Wildman–Crippen MR) is 97.1 cm³/mol. The molecule has 2 atom stereocenters. The molecular formula is C19H26N2O2S. The lowest BCUT2D eigenvalue weighted by molar-refractivity contribution is -0.0770. The number of nitrogens with zero attached hydrogens (tertiary/aromatic N) is 2. The van der Waals surface area contributed by atoms with Crippen LogP contribution in [0.2, 0.25) is 0 Å². The Hall–Kier alpha value is -1.27. The van der Waals surface area contributed by atoms with Crippen LogP contribution in [0, 0.1) is 5.41 Å². The summed E-state index contributed by atoms with van der Waals surface area (Å²) >= 11 is 1.71. The first-order valence-corrected chi connectivity index (χ1v) is 9.51. The Kier molecular flexibility index (Phi) is 5.66. The minimum absolute atomic E-state index is 0.00314. The van der Waals surface area contributed by atoms with E-state index in [1.165, 1.54) is 5.01 Å². The number of aryl methyl sites for hydroxylation is 1. The molecule has 0 radical (unpaired) electrons. The molecule has 0 unspecified atom stereocenters. The van der Waals surface area contributed by atoms with Crippen LogP contribution in [0.3, 0.4) is 0 Å². The van der Waals surface area contributed by atoms with Crippen molar-refractivity contribution in [2.75, 3.05) is 19.7 Å². The second kappa shape index (κ2) is 7.74. The van der Waals surface area contributed by atoms with E-state index < -0.39 is 11.5 Å². The molecule has 0 spiro atoms. The van der Waals surface area contributed by atoms with Gasteiger partial charge in [0.1, 0.15) is 0 Å². The fraction of sp³-hybridized carbons (Fsp3) is 0.526. The summed E-state index contributed by atoms with van der Waals surface area (Å²) in [7, 11) is 0. The second-order valence-electron chi connectivity index (χ2n) is 6.78. The van der Waals surface area contributed by atoms with E-state index in [2.05, 4.69) is 34.3 Å². The van der Waals surface area contributed by atoms with E-state index in [1.54, 1.807) is 11.3 Å². The zero-order valence-electron chi connectivity index (χ0n) is 14.2. The molecule has 5 heteroatoms. The topological polar surface area (TPSA) is 56.6 Å². The quantitative estimate of drug-likeness (QED) is 0.844. The summed E-state index contributed by atoms with van der Waals surface area (Å²) in [6.07, 6.45) is 1.88. The van der Waals surface area contributed by atoms with Gasteiger partial charge in [0.15, 0.2) is 0 Å². The molecule has 3 rings (SSSR count). The standard InChI is InChI=1S/C19H26N2O2S/c1-2-18-20-16(12-24-18)11-21-9-8-17(23)19(13-21,14-22)10-15-6-4-3-5-7-15/h3-7,12,17,22-23H,2,8-11,13-14H2,1H3/t17-,19+/m0/s1. The SMILES string of the molecule is CCc1nc(CN2CC[C@H](O)[C@](CO)(Cc3ccccc3)C2)cs1.